The molecule has 0 heterocycles. The van der Waals surface area contributed by atoms with E-state index in [1.54, 1.807) is 0 Å². The van der Waals surface area contributed by atoms with Crippen molar-refractivity contribution in [3.8, 4) is 55.6 Å². The lowest BCUT2D eigenvalue weighted by Crippen LogP contribution is -2.36. The van der Waals surface area contributed by atoms with Crippen molar-refractivity contribution in [3.05, 3.63) is 204 Å². The van der Waals surface area contributed by atoms with Crippen LogP contribution in [-0.4, -0.2) is 0 Å². The first-order chi connectivity index (χ1) is 23.3. The van der Waals surface area contributed by atoms with Gasteiger partial charge >= 0.3 is 0 Å². The summed E-state index contributed by atoms with van der Waals surface area (Å²) in [5, 5.41) is 2.73. The summed E-state index contributed by atoms with van der Waals surface area (Å²) in [6, 6.07) is 67.0. The van der Waals surface area contributed by atoms with E-state index in [2.05, 4.69) is 182 Å². The van der Waals surface area contributed by atoms with E-state index >= 15 is 0 Å². The van der Waals surface area contributed by atoms with Gasteiger partial charge in [0.2, 0.25) is 0 Å². The van der Waals surface area contributed by atoms with Gasteiger partial charge in [-0.05, 0) is 88.7 Å². The Morgan fingerprint density at radius 1 is 0.255 bits per heavy atom. The third-order valence-corrected chi connectivity index (χ3v) is 10.5. The molecule has 0 heteroatoms. The highest BCUT2D eigenvalue weighted by molar-refractivity contribution is 6.11. The number of hydrogen-bond acceptors (Lipinski definition) is 0. The molecule has 8 aromatic carbocycles. The largest absolute Gasteiger partial charge is 0.0725 e. The maximum atomic E-state index is 2.40. The molecular weight excluding hydrogens is 565 g/mol. The standard InChI is InChI=1S/C47H30/c1-3-11-31(12-4-1)32-21-23-33(24-22-32)34-25-27-36(28-26-34)37-29-30-44-46-39(37)17-10-20-43(46)47(44)41-18-8-7-15-40(41)45-38(16-9-19-42(45)47)35-13-5-2-6-14-35/h1-30H. The van der Waals surface area contributed by atoms with E-state index in [0.717, 1.165) is 0 Å². The van der Waals surface area contributed by atoms with Crippen LogP contribution in [0.3, 0.4) is 0 Å². The van der Waals surface area contributed by atoms with Crippen LogP contribution >= 0.6 is 0 Å². The van der Waals surface area contributed by atoms with Gasteiger partial charge in [0, 0.05) is 0 Å². The van der Waals surface area contributed by atoms with Crippen LogP contribution in [0.5, 0.6) is 0 Å². The fraction of sp³-hybridized carbons (Fsp3) is 0.0213. The molecule has 47 heavy (non-hydrogen) atoms. The Hall–Kier alpha value is -5.98. The van der Waals surface area contributed by atoms with E-state index in [1.165, 1.54) is 88.7 Å². The fourth-order valence-electron chi connectivity index (χ4n) is 8.46. The van der Waals surface area contributed by atoms with Crippen LogP contribution in [0.1, 0.15) is 22.3 Å². The molecule has 1 atom stereocenters. The monoisotopic (exact) mass is 594 g/mol. The quantitative estimate of drug-likeness (QED) is 0.190. The minimum atomic E-state index is -0.250. The summed E-state index contributed by atoms with van der Waals surface area (Å²) in [7, 11) is 0. The average molecular weight is 595 g/mol. The van der Waals surface area contributed by atoms with Crippen molar-refractivity contribution in [3.63, 3.8) is 0 Å². The van der Waals surface area contributed by atoms with Crippen molar-refractivity contribution in [2.75, 3.05) is 0 Å². The highest BCUT2D eigenvalue weighted by Gasteiger charge is 2.53. The van der Waals surface area contributed by atoms with Crippen LogP contribution < -0.4 is 0 Å². The first kappa shape index (κ1) is 26.3. The molecule has 10 rings (SSSR count). The van der Waals surface area contributed by atoms with Gasteiger partial charge in [-0.2, -0.15) is 0 Å². The Morgan fingerprint density at radius 3 is 1.43 bits per heavy atom. The minimum Gasteiger partial charge on any atom is -0.0622 e. The first-order valence-corrected chi connectivity index (χ1v) is 16.4. The predicted molar refractivity (Wildman–Crippen MR) is 197 cm³/mol. The van der Waals surface area contributed by atoms with Crippen LogP contribution in [0, 0.1) is 0 Å². The Kier molecular flexibility index (Phi) is 5.59. The smallest absolute Gasteiger partial charge is 0.0622 e. The molecule has 0 saturated carbocycles. The molecule has 0 amide bonds. The Morgan fingerprint density at radius 2 is 0.723 bits per heavy atom. The number of rotatable bonds is 4. The van der Waals surface area contributed by atoms with Gasteiger partial charge in [-0.1, -0.05) is 182 Å². The Labute approximate surface area is 275 Å². The highest BCUT2D eigenvalue weighted by atomic mass is 14.5. The lowest BCUT2D eigenvalue weighted by Gasteiger charge is -2.44. The summed E-state index contributed by atoms with van der Waals surface area (Å²) in [4.78, 5) is 0. The maximum absolute atomic E-state index is 2.40. The van der Waals surface area contributed by atoms with Crippen molar-refractivity contribution in [1.29, 1.82) is 0 Å². The van der Waals surface area contributed by atoms with Gasteiger partial charge in [0.15, 0.2) is 0 Å². The zero-order valence-corrected chi connectivity index (χ0v) is 25.8. The van der Waals surface area contributed by atoms with Crippen LogP contribution in [0.2, 0.25) is 0 Å². The zero-order chi connectivity index (χ0) is 31.0. The average Bonchev–Trinajstić information content (AvgIpc) is 3.48. The van der Waals surface area contributed by atoms with Crippen molar-refractivity contribution < 1.29 is 0 Å². The molecule has 0 aromatic heterocycles. The predicted octanol–water partition coefficient (Wildman–Crippen LogP) is 12.2. The molecule has 2 aliphatic rings. The highest BCUT2D eigenvalue weighted by Crippen LogP contribution is 2.65. The summed E-state index contributed by atoms with van der Waals surface area (Å²) in [6.45, 7) is 0. The molecule has 0 nitrogen and oxygen atoms in total. The minimum absolute atomic E-state index is 0.250. The third kappa shape index (κ3) is 3.64. The summed E-state index contributed by atoms with van der Waals surface area (Å²) >= 11 is 0. The Balaban J connectivity index is 1.07. The molecule has 0 fully saturated rings. The van der Waals surface area contributed by atoms with Gasteiger partial charge in [0.05, 0.1) is 5.41 Å². The van der Waals surface area contributed by atoms with Gasteiger partial charge in [-0.15, -0.1) is 0 Å². The first-order valence-electron chi connectivity index (χ1n) is 16.4. The lowest BCUT2D eigenvalue weighted by atomic mass is 9.57. The van der Waals surface area contributed by atoms with Crippen LogP contribution in [0.25, 0.3) is 66.4 Å². The van der Waals surface area contributed by atoms with Gasteiger partial charge < -0.3 is 0 Å². The molecule has 0 radical (unpaired) electrons. The second-order valence-electron chi connectivity index (χ2n) is 12.8. The van der Waals surface area contributed by atoms with Crippen molar-refractivity contribution >= 4 is 10.8 Å². The fourth-order valence-corrected chi connectivity index (χ4v) is 8.46. The van der Waals surface area contributed by atoms with Crippen molar-refractivity contribution in [2.45, 2.75) is 5.41 Å². The van der Waals surface area contributed by atoms with E-state index in [0.29, 0.717) is 0 Å². The molecule has 0 aliphatic heterocycles. The van der Waals surface area contributed by atoms with Crippen LogP contribution in [0.15, 0.2) is 182 Å². The van der Waals surface area contributed by atoms with Crippen molar-refractivity contribution in [1.82, 2.24) is 0 Å². The number of benzene rings is 8. The van der Waals surface area contributed by atoms with Crippen molar-refractivity contribution in [2.24, 2.45) is 0 Å². The van der Waals surface area contributed by atoms with E-state index < -0.39 is 0 Å². The summed E-state index contributed by atoms with van der Waals surface area (Å²) in [6.07, 6.45) is 0. The van der Waals surface area contributed by atoms with E-state index in [1.807, 2.05) is 0 Å². The summed E-state index contributed by atoms with van der Waals surface area (Å²) in [5.41, 5.74) is 18.1. The second-order valence-corrected chi connectivity index (χ2v) is 12.8. The molecule has 1 spiro atoms. The second kappa shape index (κ2) is 10.0. The summed E-state index contributed by atoms with van der Waals surface area (Å²) < 4.78 is 0. The van der Waals surface area contributed by atoms with E-state index in [4.69, 9.17) is 0 Å². The number of fused-ring (bicyclic) bond motifs is 7. The molecule has 218 valence electrons. The van der Waals surface area contributed by atoms with Gasteiger partial charge in [0.1, 0.15) is 0 Å². The molecular formula is C47H30. The molecule has 0 N–H and O–H groups in total. The van der Waals surface area contributed by atoms with Gasteiger partial charge in [-0.3, -0.25) is 0 Å². The molecule has 1 unspecified atom stereocenters. The maximum Gasteiger partial charge on any atom is 0.0725 e. The zero-order valence-electron chi connectivity index (χ0n) is 25.8. The van der Waals surface area contributed by atoms with Crippen LogP contribution in [0.4, 0.5) is 0 Å². The lowest BCUT2D eigenvalue weighted by molar-refractivity contribution is 0.745. The third-order valence-electron chi connectivity index (χ3n) is 10.5. The molecule has 0 bridgehead atoms. The molecule has 2 aliphatic carbocycles. The summed E-state index contributed by atoms with van der Waals surface area (Å²) in [5.74, 6) is 0. The Bertz CT molecular complexity index is 2460. The van der Waals surface area contributed by atoms with Crippen LogP contribution in [-0.2, 0) is 5.41 Å². The SMILES string of the molecule is c1ccc(-c2ccc(-c3ccc(-c4ccc5c6c(cccc46)C54c5ccccc5-c5c(-c6ccccc6)cccc54)cc3)cc2)cc1. The van der Waals surface area contributed by atoms with E-state index in [-0.39, 0.29) is 5.41 Å². The van der Waals surface area contributed by atoms with Gasteiger partial charge in [0.25, 0.3) is 0 Å². The molecule has 8 aromatic rings. The molecule has 0 saturated heterocycles. The normalized spacial score (nSPS) is 15.3. The topological polar surface area (TPSA) is 0 Å². The number of hydrogen-bond donors (Lipinski definition) is 0. The van der Waals surface area contributed by atoms with Gasteiger partial charge in [-0.25, -0.2) is 0 Å². The van der Waals surface area contributed by atoms with E-state index in [9.17, 15) is 0 Å².